The number of aliphatic hydroxyl groups is 1. The van der Waals surface area contributed by atoms with Crippen molar-refractivity contribution in [3.8, 4) is 5.75 Å². The Morgan fingerprint density at radius 1 is 1.00 bits per heavy atom. The third kappa shape index (κ3) is 4.26. The summed E-state index contributed by atoms with van der Waals surface area (Å²) < 4.78 is 9.57. The number of nitrogens with zero attached hydrogens (tertiary/aromatic N) is 1. The number of nitrogens with one attached hydrogen (secondary N) is 1. The molecule has 3 aromatic carbocycles. The van der Waals surface area contributed by atoms with Gasteiger partial charge in [0.25, 0.3) is 0 Å². The maximum atomic E-state index is 10.8. The summed E-state index contributed by atoms with van der Waals surface area (Å²) in [6, 6.07) is 17.8. The zero-order valence-electron chi connectivity index (χ0n) is 15.6. The smallest absolute Gasteiger partial charge is 0.142 e. The Morgan fingerprint density at radius 2 is 1.62 bits per heavy atom. The number of rotatable bonds is 6. The molecule has 4 aromatic rings. The fraction of sp³-hybridized carbons (Fsp3) is 0.182. The van der Waals surface area contributed by atoms with Crippen LogP contribution < -0.4 is 10.1 Å². The lowest BCUT2D eigenvalue weighted by atomic mass is 10.2. The van der Waals surface area contributed by atoms with Crippen molar-refractivity contribution in [1.82, 2.24) is 4.57 Å². The summed E-state index contributed by atoms with van der Waals surface area (Å²) in [5.74, 6) is 0.688. The lowest BCUT2D eigenvalue weighted by Gasteiger charge is -2.17. The summed E-state index contributed by atoms with van der Waals surface area (Å²) in [6.45, 7) is 0.823. The number of ether oxygens (including phenoxy) is 1. The van der Waals surface area contributed by atoms with Gasteiger partial charge >= 0.3 is 0 Å². The molecule has 0 fully saturated rings. The van der Waals surface area contributed by atoms with Gasteiger partial charge in [0, 0.05) is 42.3 Å². The third-order valence-corrected chi connectivity index (χ3v) is 6.09. The van der Waals surface area contributed by atoms with Gasteiger partial charge in [0.15, 0.2) is 0 Å². The average molecular weight is 539 g/mol. The number of aliphatic hydroxyl groups excluding tert-OH is 1. The molecule has 0 bridgehead atoms. The minimum absolute atomic E-state index is 0.366. The lowest BCUT2D eigenvalue weighted by molar-refractivity contribution is 0.169. The molecule has 0 aliphatic heterocycles. The molecule has 0 aliphatic carbocycles. The molecule has 0 aliphatic rings. The average Bonchev–Trinajstić information content (AvgIpc) is 2.98. The highest BCUT2D eigenvalue weighted by Crippen LogP contribution is 2.33. The standard InChI is InChI=1S/C22H19Br2ClN2O2/c1-29-22-7-4-15(25)10-19(22)26-11-16(28)12-27-20-5-2-13(23)8-17(20)18-9-14(24)3-6-21(18)27/h2-10,16,26,28H,11-12H2,1H3/t16-/m1/s1. The maximum absolute atomic E-state index is 10.8. The van der Waals surface area contributed by atoms with E-state index in [9.17, 15) is 5.11 Å². The molecule has 4 rings (SSSR count). The highest BCUT2D eigenvalue weighted by Gasteiger charge is 2.15. The first-order valence-corrected chi connectivity index (χ1v) is 11.0. The first-order valence-electron chi connectivity index (χ1n) is 9.09. The number of methoxy groups -OCH3 is 1. The molecule has 1 atom stereocenters. The van der Waals surface area contributed by atoms with Crippen molar-refractivity contribution in [2.75, 3.05) is 19.0 Å². The molecule has 0 radical (unpaired) electrons. The Morgan fingerprint density at radius 3 is 2.21 bits per heavy atom. The fourth-order valence-corrected chi connectivity index (χ4v) is 4.46. The monoisotopic (exact) mass is 536 g/mol. The third-order valence-electron chi connectivity index (χ3n) is 4.87. The van der Waals surface area contributed by atoms with Crippen molar-refractivity contribution in [3.63, 3.8) is 0 Å². The SMILES string of the molecule is COc1ccc(Cl)cc1NC[C@@H](O)Cn1c2ccc(Br)cc2c2cc(Br)ccc21. The van der Waals surface area contributed by atoms with E-state index in [1.807, 2.05) is 12.1 Å². The Balaban J connectivity index is 1.63. The van der Waals surface area contributed by atoms with Crippen LogP contribution in [0, 0.1) is 0 Å². The van der Waals surface area contributed by atoms with Gasteiger partial charge in [-0.05, 0) is 54.6 Å². The molecule has 4 nitrogen and oxygen atoms in total. The number of aromatic nitrogens is 1. The van der Waals surface area contributed by atoms with Crippen molar-refractivity contribution in [3.05, 3.63) is 68.6 Å². The summed E-state index contributed by atoms with van der Waals surface area (Å²) in [4.78, 5) is 0. The second-order valence-electron chi connectivity index (χ2n) is 6.81. The molecule has 0 unspecified atom stereocenters. The Hall–Kier alpha value is -1.73. The van der Waals surface area contributed by atoms with Crippen LogP contribution in [0.15, 0.2) is 63.5 Å². The summed E-state index contributed by atoms with van der Waals surface area (Å²) in [6.07, 6.45) is -0.607. The molecule has 1 heterocycles. The molecular formula is C22H19Br2ClN2O2. The molecule has 7 heteroatoms. The quantitative estimate of drug-likeness (QED) is 0.296. The highest BCUT2D eigenvalue weighted by molar-refractivity contribution is 9.10. The van der Waals surface area contributed by atoms with Crippen molar-refractivity contribution in [2.45, 2.75) is 12.6 Å². The van der Waals surface area contributed by atoms with E-state index in [0.717, 1.165) is 36.4 Å². The van der Waals surface area contributed by atoms with Crippen LogP contribution in [0.3, 0.4) is 0 Å². The van der Waals surface area contributed by atoms with Crippen molar-refractivity contribution in [1.29, 1.82) is 0 Å². The molecule has 0 spiro atoms. The Labute approximate surface area is 190 Å². The van der Waals surface area contributed by atoms with Crippen molar-refractivity contribution < 1.29 is 9.84 Å². The topological polar surface area (TPSA) is 46.4 Å². The molecule has 2 N–H and O–H groups in total. The number of anilines is 1. The summed E-state index contributed by atoms with van der Waals surface area (Å²) in [5, 5.41) is 16.9. The van der Waals surface area contributed by atoms with Gasteiger partial charge in [-0.25, -0.2) is 0 Å². The van der Waals surface area contributed by atoms with E-state index < -0.39 is 6.10 Å². The van der Waals surface area contributed by atoms with Crippen molar-refractivity contribution in [2.24, 2.45) is 0 Å². The predicted molar refractivity (Wildman–Crippen MR) is 127 cm³/mol. The van der Waals surface area contributed by atoms with Crippen LogP contribution in [-0.2, 0) is 6.54 Å². The number of halogens is 3. The molecular weight excluding hydrogens is 520 g/mol. The second-order valence-corrected chi connectivity index (χ2v) is 9.08. The maximum Gasteiger partial charge on any atom is 0.142 e. The minimum Gasteiger partial charge on any atom is -0.495 e. The van der Waals surface area contributed by atoms with Gasteiger partial charge < -0.3 is 19.7 Å². The zero-order valence-corrected chi connectivity index (χ0v) is 19.6. The van der Waals surface area contributed by atoms with E-state index in [2.05, 4.69) is 66.0 Å². The normalized spacial score (nSPS) is 12.4. The van der Waals surface area contributed by atoms with Gasteiger partial charge in [-0.1, -0.05) is 43.5 Å². The van der Waals surface area contributed by atoms with E-state index in [0.29, 0.717) is 23.9 Å². The van der Waals surface area contributed by atoms with Crippen molar-refractivity contribution >= 4 is 71.0 Å². The van der Waals surface area contributed by atoms with Crippen LogP contribution in [0.4, 0.5) is 5.69 Å². The Kier molecular flexibility index (Phi) is 6.06. The number of hydrogen-bond donors (Lipinski definition) is 2. The van der Waals surface area contributed by atoms with E-state index in [4.69, 9.17) is 16.3 Å². The second kappa shape index (κ2) is 8.56. The van der Waals surface area contributed by atoms with Gasteiger partial charge in [0.05, 0.1) is 25.4 Å². The molecule has 0 amide bonds. The number of hydrogen-bond acceptors (Lipinski definition) is 3. The predicted octanol–water partition coefficient (Wildman–Crippen LogP) is 6.45. The van der Waals surface area contributed by atoms with Crippen LogP contribution >= 0.6 is 43.5 Å². The Bertz CT molecular complexity index is 1130. The fourth-order valence-electron chi connectivity index (χ4n) is 3.57. The van der Waals surface area contributed by atoms with E-state index in [1.54, 1.807) is 25.3 Å². The molecule has 0 saturated heterocycles. The first-order chi connectivity index (χ1) is 14.0. The summed E-state index contributed by atoms with van der Waals surface area (Å²) in [7, 11) is 1.61. The van der Waals surface area contributed by atoms with Gasteiger partial charge in [0.1, 0.15) is 5.75 Å². The van der Waals surface area contributed by atoms with Crippen LogP contribution in [0.1, 0.15) is 0 Å². The van der Waals surface area contributed by atoms with E-state index in [1.165, 1.54) is 0 Å². The molecule has 150 valence electrons. The summed E-state index contributed by atoms with van der Waals surface area (Å²) in [5.41, 5.74) is 2.93. The van der Waals surface area contributed by atoms with E-state index >= 15 is 0 Å². The van der Waals surface area contributed by atoms with Gasteiger partial charge in [-0.3, -0.25) is 0 Å². The lowest BCUT2D eigenvalue weighted by Crippen LogP contribution is -2.25. The zero-order chi connectivity index (χ0) is 20.5. The van der Waals surface area contributed by atoms with Gasteiger partial charge in [-0.2, -0.15) is 0 Å². The van der Waals surface area contributed by atoms with E-state index in [-0.39, 0.29) is 0 Å². The van der Waals surface area contributed by atoms with Gasteiger partial charge in [-0.15, -0.1) is 0 Å². The van der Waals surface area contributed by atoms with Crippen LogP contribution in [0.5, 0.6) is 5.75 Å². The minimum atomic E-state index is -0.607. The molecule has 29 heavy (non-hydrogen) atoms. The first kappa shape index (κ1) is 20.5. The highest BCUT2D eigenvalue weighted by atomic mass is 79.9. The molecule has 1 aromatic heterocycles. The molecule has 0 saturated carbocycles. The largest absolute Gasteiger partial charge is 0.495 e. The number of fused-ring (bicyclic) bond motifs is 3. The van der Waals surface area contributed by atoms with Crippen LogP contribution in [-0.4, -0.2) is 29.4 Å². The van der Waals surface area contributed by atoms with Gasteiger partial charge in [0.2, 0.25) is 0 Å². The van der Waals surface area contributed by atoms with Crippen LogP contribution in [0.25, 0.3) is 21.8 Å². The number of benzene rings is 3. The summed E-state index contributed by atoms with van der Waals surface area (Å²) >= 11 is 13.2. The van der Waals surface area contributed by atoms with Crippen LogP contribution in [0.2, 0.25) is 5.02 Å².